The second-order valence-corrected chi connectivity index (χ2v) is 9.30. The Morgan fingerprint density at radius 1 is 0.944 bits per heavy atom. The summed E-state index contributed by atoms with van der Waals surface area (Å²) in [5.41, 5.74) is 3.41. The van der Waals surface area contributed by atoms with Gasteiger partial charge in [-0.1, -0.05) is 60.7 Å². The van der Waals surface area contributed by atoms with E-state index in [-0.39, 0.29) is 18.3 Å². The van der Waals surface area contributed by atoms with Gasteiger partial charge in [0.25, 0.3) is 5.91 Å². The monoisotopic (exact) mass is 486 g/mol. The molecule has 1 fully saturated rings. The predicted molar refractivity (Wildman–Crippen MR) is 138 cm³/mol. The lowest BCUT2D eigenvalue weighted by Gasteiger charge is -2.35. The van der Waals surface area contributed by atoms with Crippen LogP contribution in [0.3, 0.4) is 0 Å². The number of ether oxygens (including phenoxy) is 1. The lowest BCUT2D eigenvalue weighted by Crippen LogP contribution is -2.49. The van der Waals surface area contributed by atoms with Crippen molar-refractivity contribution in [3.05, 3.63) is 101 Å². The minimum atomic E-state index is -0.473. The summed E-state index contributed by atoms with van der Waals surface area (Å²) in [5, 5.41) is 6.20. The highest BCUT2D eigenvalue weighted by Crippen LogP contribution is 2.34. The highest BCUT2D eigenvalue weighted by atomic mass is 19.1. The topological polar surface area (TPSA) is 48.4 Å². The molecule has 7 heteroatoms. The Kier molecular flexibility index (Phi) is 7.39. The first-order valence-corrected chi connectivity index (χ1v) is 12.4. The lowest BCUT2D eigenvalue weighted by atomic mass is 9.98. The number of benzene rings is 3. The maximum Gasteiger partial charge on any atom is 0.257 e. The van der Waals surface area contributed by atoms with Crippen LogP contribution in [0.1, 0.15) is 29.2 Å². The summed E-state index contributed by atoms with van der Waals surface area (Å²) in [6, 6.07) is 24.2. The number of rotatable bonds is 7. The first kappa shape index (κ1) is 24.2. The van der Waals surface area contributed by atoms with Gasteiger partial charge in [-0.15, -0.1) is 0 Å². The number of carbonyl (C=O) groups is 1. The normalized spacial score (nSPS) is 18.8. The molecule has 0 aliphatic carbocycles. The van der Waals surface area contributed by atoms with E-state index in [1.807, 2.05) is 30.3 Å². The first-order chi connectivity index (χ1) is 17.6. The summed E-state index contributed by atoms with van der Waals surface area (Å²) in [6.45, 7) is 4.60. The molecule has 2 aliphatic rings. The summed E-state index contributed by atoms with van der Waals surface area (Å²) in [4.78, 5) is 18.1. The summed E-state index contributed by atoms with van der Waals surface area (Å²) >= 11 is 0. The molecule has 1 atom stereocenters. The molecule has 5 rings (SSSR count). The zero-order chi connectivity index (χ0) is 24.9. The zero-order valence-electron chi connectivity index (χ0n) is 20.5. The van der Waals surface area contributed by atoms with Gasteiger partial charge in [0.1, 0.15) is 11.6 Å². The van der Waals surface area contributed by atoms with Crippen molar-refractivity contribution in [1.29, 1.82) is 0 Å². The molecule has 0 saturated carbocycles. The number of hydrogen-bond donors (Lipinski definition) is 0. The van der Waals surface area contributed by atoms with E-state index in [0.717, 1.165) is 49.7 Å². The van der Waals surface area contributed by atoms with E-state index in [1.54, 1.807) is 25.3 Å². The Morgan fingerprint density at radius 3 is 2.42 bits per heavy atom. The third kappa shape index (κ3) is 5.48. The standard InChI is InChI=1S/C29H31FN4O2/c1-36-24-11-7-10-23(18-24)27-19-28(25-12-5-6-13-26(25)30)34(31-27)29(35)21-33-16-14-32(15-17-33)20-22-8-3-2-4-9-22/h2-13,18,28H,14-17,19-21H2,1H3. The molecule has 1 saturated heterocycles. The molecule has 2 aliphatic heterocycles. The molecule has 3 aromatic carbocycles. The highest BCUT2D eigenvalue weighted by Gasteiger charge is 2.35. The van der Waals surface area contributed by atoms with E-state index in [4.69, 9.17) is 9.84 Å². The van der Waals surface area contributed by atoms with Crippen LogP contribution in [-0.2, 0) is 11.3 Å². The van der Waals surface area contributed by atoms with Crippen LogP contribution in [0.4, 0.5) is 4.39 Å². The van der Waals surface area contributed by atoms with Crippen LogP contribution in [-0.4, -0.2) is 66.3 Å². The lowest BCUT2D eigenvalue weighted by molar-refractivity contribution is -0.134. The number of methoxy groups -OCH3 is 1. The van der Waals surface area contributed by atoms with Crippen LogP contribution in [0.2, 0.25) is 0 Å². The summed E-state index contributed by atoms with van der Waals surface area (Å²) in [6.07, 6.45) is 0.449. The maximum atomic E-state index is 14.8. The van der Waals surface area contributed by atoms with Crippen LogP contribution >= 0.6 is 0 Å². The smallest absolute Gasteiger partial charge is 0.257 e. The highest BCUT2D eigenvalue weighted by molar-refractivity contribution is 6.03. The minimum absolute atomic E-state index is 0.113. The van der Waals surface area contributed by atoms with Crippen LogP contribution in [0.25, 0.3) is 0 Å². The van der Waals surface area contributed by atoms with Crippen molar-refractivity contribution >= 4 is 11.6 Å². The largest absolute Gasteiger partial charge is 0.497 e. The Morgan fingerprint density at radius 2 is 1.67 bits per heavy atom. The third-order valence-corrected chi connectivity index (χ3v) is 6.91. The van der Waals surface area contributed by atoms with Gasteiger partial charge in [-0.2, -0.15) is 5.10 Å². The molecule has 186 valence electrons. The van der Waals surface area contributed by atoms with Crippen molar-refractivity contribution in [1.82, 2.24) is 14.8 Å². The summed E-state index contributed by atoms with van der Waals surface area (Å²) in [5.74, 6) is 0.283. The number of hydrogen-bond acceptors (Lipinski definition) is 5. The van der Waals surface area contributed by atoms with Crippen molar-refractivity contribution < 1.29 is 13.9 Å². The van der Waals surface area contributed by atoms with Gasteiger partial charge in [0.15, 0.2) is 0 Å². The van der Waals surface area contributed by atoms with Gasteiger partial charge in [0.2, 0.25) is 0 Å². The van der Waals surface area contributed by atoms with Crippen molar-refractivity contribution in [3.63, 3.8) is 0 Å². The van der Waals surface area contributed by atoms with Gasteiger partial charge in [-0.3, -0.25) is 14.6 Å². The molecular weight excluding hydrogens is 455 g/mol. The van der Waals surface area contributed by atoms with Crippen LogP contribution in [0.15, 0.2) is 84.0 Å². The van der Waals surface area contributed by atoms with E-state index in [9.17, 15) is 9.18 Å². The molecule has 0 aromatic heterocycles. The van der Waals surface area contributed by atoms with Crippen molar-refractivity contribution in [2.75, 3.05) is 39.8 Å². The zero-order valence-corrected chi connectivity index (χ0v) is 20.5. The fourth-order valence-corrected chi connectivity index (χ4v) is 4.92. The number of carbonyl (C=O) groups excluding carboxylic acids is 1. The molecular formula is C29H31FN4O2. The second-order valence-electron chi connectivity index (χ2n) is 9.30. The SMILES string of the molecule is COc1cccc(C2=NN(C(=O)CN3CCN(Cc4ccccc4)CC3)C(c3ccccc3F)C2)c1. The van der Waals surface area contributed by atoms with Gasteiger partial charge in [-0.05, 0) is 23.8 Å². The van der Waals surface area contributed by atoms with Crippen molar-refractivity contribution in [2.24, 2.45) is 5.10 Å². The maximum absolute atomic E-state index is 14.8. The number of hydrazone groups is 1. The Balaban J connectivity index is 1.29. The van der Waals surface area contributed by atoms with E-state index in [0.29, 0.717) is 12.0 Å². The summed E-state index contributed by atoms with van der Waals surface area (Å²) in [7, 11) is 1.62. The third-order valence-electron chi connectivity index (χ3n) is 6.91. The van der Waals surface area contributed by atoms with Crippen molar-refractivity contribution in [3.8, 4) is 5.75 Å². The quantitative estimate of drug-likeness (QED) is 0.499. The minimum Gasteiger partial charge on any atom is -0.497 e. The average Bonchev–Trinajstić information content (AvgIpc) is 3.36. The van der Waals surface area contributed by atoms with Gasteiger partial charge < -0.3 is 4.74 Å². The molecule has 6 nitrogen and oxygen atoms in total. The Bertz CT molecular complexity index is 1220. The number of amides is 1. The molecule has 0 bridgehead atoms. The molecule has 3 aromatic rings. The van der Waals surface area contributed by atoms with Crippen LogP contribution < -0.4 is 4.74 Å². The van der Waals surface area contributed by atoms with E-state index in [1.165, 1.54) is 16.6 Å². The molecule has 0 N–H and O–H groups in total. The average molecular weight is 487 g/mol. The molecule has 1 amide bonds. The number of nitrogens with zero attached hydrogens (tertiary/aromatic N) is 4. The van der Waals surface area contributed by atoms with Gasteiger partial charge in [0, 0.05) is 50.3 Å². The van der Waals surface area contributed by atoms with Gasteiger partial charge >= 0.3 is 0 Å². The molecule has 36 heavy (non-hydrogen) atoms. The van der Waals surface area contributed by atoms with Crippen LogP contribution in [0, 0.1) is 5.82 Å². The number of piperazine rings is 1. The fourth-order valence-electron chi connectivity index (χ4n) is 4.92. The molecule has 1 unspecified atom stereocenters. The van der Waals surface area contributed by atoms with Gasteiger partial charge in [-0.25, -0.2) is 9.40 Å². The molecule has 0 radical (unpaired) electrons. The van der Waals surface area contributed by atoms with E-state index >= 15 is 0 Å². The predicted octanol–water partition coefficient (Wildman–Crippen LogP) is 4.33. The molecule has 0 spiro atoms. The van der Waals surface area contributed by atoms with Crippen molar-refractivity contribution in [2.45, 2.75) is 19.0 Å². The van der Waals surface area contributed by atoms with E-state index in [2.05, 4.69) is 34.1 Å². The molecule has 2 heterocycles. The van der Waals surface area contributed by atoms with Crippen LogP contribution in [0.5, 0.6) is 5.75 Å². The van der Waals surface area contributed by atoms with Gasteiger partial charge in [0.05, 0.1) is 25.4 Å². The fraction of sp³-hybridized carbons (Fsp3) is 0.310. The summed E-state index contributed by atoms with van der Waals surface area (Å²) < 4.78 is 20.1. The Labute approximate surface area is 211 Å². The second kappa shape index (κ2) is 11.0. The first-order valence-electron chi connectivity index (χ1n) is 12.4. The Hall–Kier alpha value is -3.55. The van der Waals surface area contributed by atoms with E-state index < -0.39 is 6.04 Å². The number of halogens is 1.